The number of carbonyl (C=O) groups excluding carboxylic acids is 1. The van der Waals surface area contributed by atoms with Crippen molar-refractivity contribution in [3.8, 4) is 0 Å². The average Bonchev–Trinajstić information content (AvgIpc) is 2.61. The number of halogens is 1. The first-order valence-corrected chi connectivity index (χ1v) is 7.09. The smallest absolute Gasteiger partial charge is 0.250 e. The number of rotatable bonds is 3. The standard InChI is InChI=1S/C12H13BrN4OS/c1-5-6(2)19-12(16-5)17-10-3-7(11(15)18)9(14)4-8(10)13/h3-4H,14H2,1-2H3,(H2,15,18)(H,16,17). The molecule has 5 nitrogen and oxygen atoms in total. The molecular weight excluding hydrogens is 328 g/mol. The topological polar surface area (TPSA) is 94.0 Å². The molecule has 100 valence electrons. The monoisotopic (exact) mass is 340 g/mol. The minimum Gasteiger partial charge on any atom is -0.398 e. The van der Waals surface area contributed by atoms with Crippen molar-refractivity contribution >= 4 is 49.7 Å². The number of hydrogen-bond donors (Lipinski definition) is 3. The van der Waals surface area contributed by atoms with Gasteiger partial charge in [-0.25, -0.2) is 4.98 Å². The summed E-state index contributed by atoms with van der Waals surface area (Å²) < 4.78 is 0.750. The molecule has 1 aromatic heterocycles. The Morgan fingerprint density at radius 1 is 1.42 bits per heavy atom. The van der Waals surface area contributed by atoms with Crippen LogP contribution >= 0.6 is 27.3 Å². The maximum atomic E-state index is 11.3. The fourth-order valence-electron chi connectivity index (χ4n) is 1.54. The summed E-state index contributed by atoms with van der Waals surface area (Å²) in [5, 5.41) is 3.91. The average molecular weight is 341 g/mol. The molecule has 19 heavy (non-hydrogen) atoms. The number of thiazole rings is 1. The molecule has 2 rings (SSSR count). The second kappa shape index (κ2) is 5.18. The van der Waals surface area contributed by atoms with E-state index in [0.717, 1.165) is 20.2 Å². The number of nitrogens with two attached hydrogens (primary N) is 2. The van der Waals surface area contributed by atoms with Crippen molar-refractivity contribution in [1.82, 2.24) is 4.98 Å². The summed E-state index contributed by atoms with van der Waals surface area (Å²) in [6, 6.07) is 3.27. The third-order valence-corrected chi connectivity index (χ3v) is 4.32. The van der Waals surface area contributed by atoms with Gasteiger partial charge in [0.15, 0.2) is 5.13 Å². The molecule has 7 heteroatoms. The molecule has 0 aliphatic rings. The quantitative estimate of drug-likeness (QED) is 0.748. The molecule has 0 saturated carbocycles. The molecule has 1 heterocycles. The number of aromatic nitrogens is 1. The molecule has 0 spiro atoms. The lowest BCUT2D eigenvalue weighted by Crippen LogP contribution is -2.14. The Bertz CT molecular complexity index is 634. The Balaban J connectivity index is 2.39. The van der Waals surface area contributed by atoms with Crippen LogP contribution < -0.4 is 16.8 Å². The van der Waals surface area contributed by atoms with Crippen LogP contribution in [0.3, 0.4) is 0 Å². The van der Waals surface area contributed by atoms with Gasteiger partial charge >= 0.3 is 0 Å². The van der Waals surface area contributed by atoms with Crippen LogP contribution in [0.5, 0.6) is 0 Å². The molecule has 2 aromatic rings. The van der Waals surface area contributed by atoms with Crippen LogP contribution in [0.1, 0.15) is 20.9 Å². The van der Waals surface area contributed by atoms with E-state index in [-0.39, 0.29) is 5.56 Å². The summed E-state index contributed by atoms with van der Waals surface area (Å²) >= 11 is 4.94. The highest BCUT2D eigenvalue weighted by molar-refractivity contribution is 9.10. The van der Waals surface area contributed by atoms with Crippen LogP contribution in [0.4, 0.5) is 16.5 Å². The van der Waals surface area contributed by atoms with Crippen LogP contribution in [-0.4, -0.2) is 10.9 Å². The number of primary amides is 1. The number of nitrogen functional groups attached to an aromatic ring is 1. The maximum Gasteiger partial charge on any atom is 0.250 e. The van der Waals surface area contributed by atoms with Crippen molar-refractivity contribution in [2.75, 3.05) is 11.1 Å². The van der Waals surface area contributed by atoms with Crippen LogP contribution in [0.15, 0.2) is 16.6 Å². The third-order valence-electron chi connectivity index (χ3n) is 2.67. The predicted octanol–water partition coefficient (Wildman–Crippen LogP) is 2.95. The van der Waals surface area contributed by atoms with Gasteiger partial charge in [0.2, 0.25) is 0 Å². The van der Waals surface area contributed by atoms with E-state index in [1.807, 2.05) is 13.8 Å². The first-order chi connectivity index (χ1) is 8.88. The second-order valence-electron chi connectivity index (χ2n) is 4.07. The summed E-state index contributed by atoms with van der Waals surface area (Å²) in [5.41, 5.74) is 13.3. The van der Waals surface area contributed by atoms with Crippen molar-refractivity contribution < 1.29 is 4.79 Å². The number of anilines is 3. The lowest BCUT2D eigenvalue weighted by molar-refractivity contribution is 0.100. The summed E-state index contributed by atoms with van der Waals surface area (Å²) in [5.74, 6) is -0.556. The largest absolute Gasteiger partial charge is 0.398 e. The maximum absolute atomic E-state index is 11.3. The highest BCUT2D eigenvalue weighted by atomic mass is 79.9. The molecule has 0 fully saturated rings. The Hall–Kier alpha value is -1.60. The zero-order valence-corrected chi connectivity index (χ0v) is 12.9. The number of carbonyl (C=O) groups is 1. The Morgan fingerprint density at radius 3 is 2.63 bits per heavy atom. The van der Waals surface area contributed by atoms with Crippen LogP contribution in [0, 0.1) is 13.8 Å². The second-order valence-corrected chi connectivity index (χ2v) is 6.13. The number of amides is 1. The van der Waals surface area contributed by atoms with Gasteiger partial charge < -0.3 is 16.8 Å². The van der Waals surface area contributed by atoms with Crippen molar-refractivity contribution in [2.24, 2.45) is 5.73 Å². The lowest BCUT2D eigenvalue weighted by Gasteiger charge is -2.09. The van der Waals surface area contributed by atoms with E-state index < -0.39 is 5.91 Å². The molecule has 0 atom stereocenters. The first kappa shape index (κ1) is 13.8. The fraction of sp³-hybridized carbons (Fsp3) is 0.167. The van der Waals surface area contributed by atoms with Gasteiger partial charge in [0.25, 0.3) is 5.91 Å². The van der Waals surface area contributed by atoms with E-state index in [2.05, 4.69) is 26.2 Å². The molecule has 0 bridgehead atoms. The van der Waals surface area contributed by atoms with E-state index in [9.17, 15) is 4.79 Å². The van der Waals surface area contributed by atoms with Gasteiger partial charge in [-0.1, -0.05) is 0 Å². The van der Waals surface area contributed by atoms with Crippen molar-refractivity contribution in [1.29, 1.82) is 0 Å². The van der Waals surface area contributed by atoms with E-state index >= 15 is 0 Å². The molecular formula is C12H13BrN4OS. The number of nitrogens with one attached hydrogen (secondary N) is 1. The number of nitrogens with zero attached hydrogens (tertiary/aromatic N) is 1. The van der Waals surface area contributed by atoms with Gasteiger partial charge in [-0.15, -0.1) is 11.3 Å². The molecule has 0 unspecified atom stereocenters. The minimum atomic E-state index is -0.556. The van der Waals surface area contributed by atoms with Crippen LogP contribution in [-0.2, 0) is 0 Å². The summed E-state index contributed by atoms with van der Waals surface area (Å²) in [4.78, 5) is 16.8. The van der Waals surface area contributed by atoms with E-state index in [1.165, 1.54) is 0 Å². The summed E-state index contributed by atoms with van der Waals surface area (Å²) in [6.07, 6.45) is 0. The Morgan fingerprint density at radius 2 is 2.11 bits per heavy atom. The van der Waals surface area contributed by atoms with Crippen molar-refractivity contribution in [3.05, 3.63) is 32.7 Å². The Labute approximate surface area is 123 Å². The van der Waals surface area contributed by atoms with E-state index in [0.29, 0.717) is 11.4 Å². The zero-order valence-electron chi connectivity index (χ0n) is 10.5. The molecule has 0 aliphatic carbocycles. The van der Waals surface area contributed by atoms with Gasteiger partial charge in [0, 0.05) is 15.0 Å². The molecule has 5 N–H and O–H groups in total. The predicted molar refractivity (Wildman–Crippen MR) is 81.9 cm³/mol. The van der Waals surface area contributed by atoms with Gasteiger partial charge in [-0.2, -0.15) is 0 Å². The first-order valence-electron chi connectivity index (χ1n) is 5.48. The molecule has 1 amide bonds. The fourth-order valence-corrected chi connectivity index (χ4v) is 2.83. The molecule has 0 aliphatic heterocycles. The number of aryl methyl sites for hydroxylation is 2. The van der Waals surface area contributed by atoms with Crippen LogP contribution in [0.2, 0.25) is 0 Å². The van der Waals surface area contributed by atoms with E-state index in [1.54, 1.807) is 23.5 Å². The normalized spacial score (nSPS) is 10.5. The lowest BCUT2D eigenvalue weighted by atomic mass is 10.1. The molecule has 0 radical (unpaired) electrons. The zero-order chi connectivity index (χ0) is 14.2. The highest BCUT2D eigenvalue weighted by Gasteiger charge is 2.12. The Kier molecular flexibility index (Phi) is 3.77. The van der Waals surface area contributed by atoms with Gasteiger partial charge in [0.05, 0.1) is 16.9 Å². The number of hydrogen-bond acceptors (Lipinski definition) is 5. The minimum absolute atomic E-state index is 0.288. The van der Waals surface area contributed by atoms with Crippen LogP contribution in [0.25, 0.3) is 0 Å². The van der Waals surface area contributed by atoms with Gasteiger partial charge in [0.1, 0.15) is 0 Å². The molecule has 1 aromatic carbocycles. The van der Waals surface area contributed by atoms with Gasteiger partial charge in [-0.05, 0) is 41.9 Å². The summed E-state index contributed by atoms with van der Waals surface area (Å²) in [7, 11) is 0. The van der Waals surface area contributed by atoms with E-state index in [4.69, 9.17) is 11.5 Å². The van der Waals surface area contributed by atoms with Gasteiger partial charge in [-0.3, -0.25) is 4.79 Å². The summed E-state index contributed by atoms with van der Waals surface area (Å²) in [6.45, 7) is 3.95. The SMILES string of the molecule is Cc1nc(Nc2cc(C(N)=O)c(N)cc2Br)sc1C. The third kappa shape index (κ3) is 2.87. The van der Waals surface area contributed by atoms with Crippen molar-refractivity contribution in [3.63, 3.8) is 0 Å². The van der Waals surface area contributed by atoms with Crippen molar-refractivity contribution in [2.45, 2.75) is 13.8 Å². The highest BCUT2D eigenvalue weighted by Crippen LogP contribution is 2.32. The molecule has 0 saturated heterocycles. The number of benzene rings is 1.